The van der Waals surface area contributed by atoms with Gasteiger partial charge in [-0.1, -0.05) is 11.3 Å². The molecule has 0 aliphatic carbocycles. The number of fused-ring (bicyclic) bond motifs is 1. The molecule has 0 spiro atoms. The number of hydrogen-bond donors (Lipinski definition) is 0. The molecule has 10 heteroatoms. The van der Waals surface area contributed by atoms with Crippen molar-refractivity contribution >= 4 is 37.5 Å². The summed E-state index contributed by atoms with van der Waals surface area (Å²) >= 11 is 0.969. The maximum atomic E-state index is 12.8. The Labute approximate surface area is 161 Å². The van der Waals surface area contributed by atoms with Crippen molar-refractivity contribution in [2.24, 2.45) is 0 Å². The summed E-state index contributed by atoms with van der Waals surface area (Å²) in [4.78, 5) is 26.5. The molecule has 2 saturated heterocycles. The van der Waals surface area contributed by atoms with Crippen LogP contribution in [-0.2, 0) is 26.1 Å². The number of carbonyl (C=O) groups excluding carboxylic acids is 1. The van der Waals surface area contributed by atoms with E-state index in [9.17, 15) is 18.0 Å². The van der Waals surface area contributed by atoms with E-state index >= 15 is 0 Å². The average Bonchev–Trinajstić information content (AvgIpc) is 3.31. The zero-order valence-electron chi connectivity index (χ0n) is 14.8. The molecule has 0 atom stereocenters. The first-order valence-corrected chi connectivity index (χ1v) is 11.2. The van der Waals surface area contributed by atoms with Crippen molar-refractivity contribution in [3.63, 3.8) is 0 Å². The van der Waals surface area contributed by atoms with Gasteiger partial charge in [-0.3, -0.25) is 14.2 Å². The van der Waals surface area contributed by atoms with Gasteiger partial charge in [-0.2, -0.15) is 4.31 Å². The highest BCUT2D eigenvalue weighted by molar-refractivity contribution is 7.89. The van der Waals surface area contributed by atoms with Crippen molar-refractivity contribution in [2.75, 3.05) is 39.4 Å². The quantitative estimate of drug-likeness (QED) is 0.739. The monoisotopic (exact) mass is 411 g/mol. The third-order valence-corrected chi connectivity index (χ3v) is 7.84. The van der Waals surface area contributed by atoms with Gasteiger partial charge in [0.15, 0.2) is 0 Å². The summed E-state index contributed by atoms with van der Waals surface area (Å²) in [7, 11) is -3.62. The van der Waals surface area contributed by atoms with Crippen molar-refractivity contribution in [1.82, 2.24) is 13.8 Å². The molecule has 1 aromatic carbocycles. The van der Waals surface area contributed by atoms with Crippen LogP contribution in [0, 0.1) is 0 Å². The van der Waals surface area contributed by atoms with Gasteiger partial charge in [-0.05, 0) is 31.0 Å². The first-order chi connectivity index (χ1) is 13.0. The molecule has 8 nitrogen and oxygen atoms in total. The van der Waals surface area contributed by atoms with Crippen LogP contribution in [0.4, 0.5) is 0 Å². The average molecular weight is 412 g/mol. The molecule has 0 unspecified atom stereocenters. The SMILES string of the molecule is O=C(Cn1c(=O)sc2cc(S(=O)(=O)N3CCOCC3)ccc21)N1CCCC1. The van der Waals surface area contributed by atoms with Crippen LogP contribution in [-0.4, -0.2) is 67.5 Å². The van der Waals surface area contributed by atoms with Crippen LogP contribution in [0.2, 0.25) is 0 Å². The molecule has 2 aliphatic heterocycles. The molecule has 4 rings (SSSR count). The van der Waals surface area contributed by atoms with Crippen molar-refractivity contribution in [3.8, 4) is 0 Å². The number of hydrogen-bond acceptors (Lipinski definition) is 6. The number of thiazole rings is 1. The van der Waals surface area contributed by atoms with Gasteiger partial charge >= 0.3 is 4.87 Å². The topological polar surface area (TPSA) is 88.9 Å². The number of rotatable bonds is 4. The highest BCUT2D eigenvalue weighted by Gasteiger charge is 2.27. The normalized spacial score (nSPS) is 19.0. The Hall–Kier alpha value is -1.75. The summed E-state index contributed by atoms with van der Waals surface area (Å²) in [5.74, 6) is -0.0701. The molecular formula is C17H21N3O5S2. The number of amides is 1. The van der Waals surface area contributed by atoms with Crippen LogP contribution in [0.5, 0.6) is 0 Å². The minimum atomic E-state index is -3.62. The summed E-state index contributed by atoms with van der Waals surface area (Å²) in [6, 6.07) is 4.66. The molecular weight excluding hydrogens is 390 g/mol. The molecule has 3 heterocycles. The maximum Gasteiger partial charge on any atom is 0.308 e. The minimum absolute atomic E-state index is 0.00556. The van der Waals surface area contributed by atoms with E-state index in [1.54, 1.807) is 11.0 Å². The molecule has 146 valence electrons. The van der Waals surface area contributed by atoms with E-state index in [1.165, 1.54) is 21.0 Å². The number of aromatic nitrogens is 1. The Bertz CT molecular complexity index is 1010. The number of likely N-dealkylation sites (tertiary alicyclic amines) is 1. The van der Waals surface area contributed by atoms with Gasteiger partial charge in [-0.25, -0.2) is 8.42 Å². The third kappa shape index (κ3) is 3.54. The zero-order valence-corrected chi connectivity index (χ0v) is 16.4. The van der Waals surface area contributed by atoms with E-state index in [0.717, 1.165) is 37.3 Å². The van der Waals surface area contributed by atoms with Crippen molar-refractivity contribution < 1.29 is 17.9 Å². The number of carbonyl (C=O) groups is 1. The molecule has 2 fully saturated rings. The fourth-order valence-electron chi connectivity index (χ4n) is 3.49. The van der Waals surface area contributed by atoms with E-state index in [1.807, 2.05) is 0 Å². The number of morpholine rings is 1. The smallest absolute Gasteiger partial charge is 0.308 e. The van der Waals surface area contributed by atoms with Crippen LogP contribution in [0.25, 0.3) is 10.2 Å². The first-order valence-electron chi connectivity index (χ1n) is 8.96. The standard InChI is InChI=1S/C17H21N3O5S2/c21-16(18-5-1-2-6-18)12-20-14-4-3-13(11-15(14)26-17(20)22)27(23,24)19-7-9-25-10-8-19/h3-4,11H,1-2,5-10,12H2. The highest BCUT2D eigenvalue weighted by Crippen LogP contribution is 2.24. The Kier molecular flexibility index (Phi) is 5.06. The molecule has 0 radical (unpaired) electrons. The highest BCUT2D eigenvalue weighted by atomic mass is 32.2. The second-order valence-electron chi connectivity index (χ2n) is 6.69. The number of ether oxygens (including phenoxy) is 1. The Morgan fingerprint density at radius 2 is 1.81 bits per heavy atom. The zero-order chi connectivity index (χ0) is 19.0. The Morgan fingerprint density at radius 3 is 2.52 bits per heavy atom. The Morgan fingerprint density at radius 1 is 1.11 bits per heavy atom. The van der Waals surface area contributed by atoms with Gasteiger partial charge in [-0.15, -0.1) is 0 Å². The van der Waals surface area contributed by atoms with Crippen LogP contribution < -0.4 is 4.87 Å². The predicted molar refractivity (Wildman–Crippen MR) is 101 cm³/mol. The number of nitrogens with zero attached hydrogens (tertiary/aromatic N) is 3. The first kappa shape index (κ1) is 18.6. The second-order valence-corrected chi connectivity index (χ2v) is 9.62. The van der Waals surface area contributed by atoms with Gasteiger partial charge in [0.1, 0.15) is 6.54 Å². The Balaban J connectivity index is 1.64. The lowest BCUT2D eigenvalue weighted by Crippen LogP contribution is -2.40. The van der Waals surface area contributed by atoms with Gasteiger partial charge in [0.25, 0.3) is 0 Å². The molecule has 0 bridgehead atoms. The van der Waals surface area contributed by atoms with Gasteiger partial charge in [0.05, 0.1) is 28.3 Å². The van der Waals surface area contributed by atoms with Crippen LogP contribution in [0.3, 0.4) is 0 Å². The van der Waals surface area contributed by atoms with Crippen LogP contribution in [0.15, 0.2) is 27.9 Å². The number of sulfonamides is 1. The van der Waals surface area contributed by atoms with Crippen molar-refractivity contribution in [2.45, 2.75) is 24.3 Å². The summed E-state index contributed by atoms with van der Waals surface area (Å²) in [5, 5.41) is 0. The van der Waals surface area contributed by atoms with E-state index in [0.29, 0.717) is 36.5 Å². The van der Waals surface area contributed by atoms with Crippen LogP contribution >= 0.6 is 11.3 Å². The van der Waals surface area contributed by atoms with E-state index in [2.05, 4.69) is 0 Å². The summed E-state index contributed by atoms with van der Waals surface area (Å²) < 4.78 is 34.2. The molecule has 27 heavy (non-hydrogen) atoms. The number of benzene rings is 1. The lowest BCUT2D eigenvalue weighted by atomic mass is 10.3. The molecule has 0 N–H and O–H groups in total. The summed E-state index contributed by atoms with van der Waals surface area (Å²) in [6.45, 7) is 2.86. The molecule has 2 aliphatic rings. The van der Waals surface area contributed by atoms with Crippen molar-refractivity contribution in [1.29, 1.82) is 0 Å². The molecule has 2 aromatic rings. The maximum absolute atomic E-state index is 12.8. The van der Waals surface area contributed by atoms with E-state index < -0.39 is 10.0 Å². The van der Waals surface area contributed by atoms with Gasteiger partial charge in [0, 0.05) is 26.2 Å². The van der Waals surface area contributed by atoms with Crippen molar-refractivity contribution in [3.05, 3.63) is 27.9 Å². The molecule has 1 aromatic heterocycles. The lowest BCUT2D eigenvalue weighted by molar-refractivity contribution is -0.130. The third-order valence-electron chi connectivity index (χ3n) is 5.00. The fourth-order valence-corrected chi connectivity index (χ4v) is 5.93. The van der Waals surface area contributed by atoms with Crippen LogP contribution in [0.1, 0.15) is 12.8 Å². The molecule has 1 amide bonds. The molecule has 0 saturated carbocycles. The predicted octanol–water partition coefficient (Wildman–Crippen LogP) is 0.706. The van der Waals surface area contributed by atoms with E-state index in [-0.39, 0.29) is 22.2 Å². The summed E-state index contributed by atoms with van der Waals surface area (Å²) in [6.07, 6.45) is 1.99. The van der Waals surface area contributed by atoms with Gasteiger partial charge in [0.2, 0.25) is 15.9 Å². The fraction of sp³-hybridized carbons (Fsp3) is 0.529. The largest absolute Gasteiger partial charge is 0.379 e. The van der Waals surface area contributed by atoms with Gasteiger partial charge < -0.3 is 9.64 Å². The summed E-state index contributed by atoms with van der Waals surface area (Å²) in [5.41, 5.74) is 0.596. The minimum Gasteiger partial charge on any atom is -0.379 e. The second kappa shape index (κ2) is 7.34. The van der Waals surface area contributed by atoms with E-state index in [4.69, 9.17) is 4.74 Å². The lowest BCUT2D eigenvalue weighted by Gasteiger charge is -2.26.